The Morgan fingerprint density at radius 3 is 2.64 bits per heavy atom. The Labute approximate surface area is 137 Å². The Kier molecular flexibility index (Phi) is 4.87. The van der Waals surface area contributed by atoms with Crippen LogP contribution >= 0.6 is 15.9 Å². The Balaban J connectivity index is 1.57. The summed E-state index contributed by atoms with van der Waals surface area (Å²) in [7, 11) is 0. The van der Waals surface area contributed by atoms with Gasteiger partial charge < -0.3 is 9.42 Å². The number of aryl methyl sites for hydroxylation is 1. The van der Waals surface area contributed by atoms with Crippen molar-refractivity contribution in [2.24, 2.45) is 0 Å². The van der Waals surface area contributed by atoms with E-state index < -0.39 is 0 Å². The van der Waals surface area contributed by atoms with Crippen molar-refractivity contribution in [1.29, 1.82) is 0 Å². The molecule has 0 unspecified atom stereocenters. The first-order valence-corrected chi connectivity index (χ1v) is 8.38. The molecule has 22 heavy (non-hydrogen) atoms. The number of nitrogens with zero attached hydrogens (tertiary/aromatic N) is 3. The molecule has 1 fully saturated rings. The number of halogens is 1. The molecule has 0 N–H and O–H groups in total. The van der Waals surface area contributed by atoms with Crippen molar-refractivity contribution < 1.29 is 9.32 Å². The van der Waals surface area contributed by atoms with Gasteiger partial charge in [-0.1, -0.05) is 21.1 Å². The van der Waals surface area contributed by atoms with Crippen LogP contribution in [0, 0.1) is 0 Å². The lowest BCUT2D eigenvalue weighted by atomic mass is 10.1. The fourth-order valence-corrected chi connectivity index (χ4v) is 2.85. The van der Waals surface area contributed by atoms with Gasteiger partial charge in [0.2, 0.25) is 17.6 Å². The zero-order chi connectivity index (χ0) is 15.4. The van der Waals surface area contributed by atoms with Gasteiger partial charge in [0.05, 0.1) is 0 Å². The van der Waals surface area contributed by atoms with Crippen LogP contribution < -0.4 is 0 Å². The number of likely N-dealkylation sites (tertiary alicyclic amines) is 1. The van der Waals surface area contributed by atoms with E-state index in [9.17, 15) is 4.79 Å². The second kappa shape index (κ2) is 7.05. The summed E-state index contributed by atoms with van der Waals surface area (Å²) in [6.07, 6.45) is 4.38. The first kappa shape index (κ1) is 15.2. The zero-order valence-electron chi connectivity index (χ0n) is 12.3. The average molecular weight is 364 g/mol. The van der Waals surface area contributed by atoms with Crippen molar-refractivity contribution in [3.8, 4) is 11.4 Å². The van der Waals surface area contributed by atoms with Crippen molar-refractivity contribution in [1.82, 2.24) is 15.0 Å². The molecule has 1 aromatic carbocycles. The lowest BCUT2D eigenvalue weighted by Crippen LogP contribution is -2.35. The summed E-state index contributed by atoms with van der Waals surface area (Å²) in [4.78, 5) is 18.4. The lowest BCUT2D eigenvalue weighted by Gasteiger charge is -2.26. The van der Waals surface area contributed by atoms with Crippen molar-refractivity contribution in [3.63, 3.8) is 0 Å². The van der Waals surface area contributed by atoms with Crippen LogP contribution in [0.1, 0.15) is 31.6 Å². The van der Waals surface area contributed by atoms with Gasteiger partial charge in [0.15, 0.2) is 0 Å². The fourth-order valence-electron chi connectivity index (χ4n) is 2.59. The third-order valence-electron chi connectivity index (χ3n) is 3.83. The number of hydrogen-bond donors (Lipinski definition) is 0. The van der Waals surface area contributed by atoms with E-state index >= 15 is 0 Å². The van der Waals surface area contributed by atoms with Gasteiger partial charge in [-0.05, 0) is 43.5 Å². The fraction of sp³-hybridized carbons (Fsp3) is 0.438. The summed E-state index contributed by atoms with van der Waals surface area (Å²) in [5.74, 6) is 1.26. The molecule has 116 valence electrons. The number of carbonyl (C=O) groups is 1. The summed E-state index contributed by atoms with van der Waals surface area (Å²) in [5.41, 5.74) is 0.903. The Bertz CT molecular complexity index is 633. The van der Waals surface area contributed by atoms with Crippen molar-refractivity contribution in [3.05, 3.63) is 34.6 Å². The minimum absolute atomic E-state index is 0.183. The van der Waals surface area contributed by atoms with Gasteiger partial charge in [0.25, 0.3) is 0 Å². The Hall–Kier alpha value is -1.69. The van der Waals surface area contributed by atoms with E-state index in [0.29, 0.717) is 24.6 Å². The average Bonchev–Trinajstić information content (AvgIpc) is 3.03. The summed E-state index contributed by atoms with van der Waals surface area (Å²) < 4.78 is 6.25. The number of hydrogen-bond acceptors (Lipinski definition) is 4. The molecule has 6 heteroatoms. The second-order valence-corrected chi connectivity index (χ2v) is 6.38. The monoisotopic (exact) mass is 363 g/mol. The second-order valence-electron chi connectivity index (χ2n) is 5.46. The predicted octanol–water partition coefficient (Wildman–Crippen LogP) is 3.44. The topological polar surface area (TPSA) is 59.2 Å². The van der Waals surface area contributed by atoms with Gasteiger partial charge in [-0.3, -0.25) is 4.79 Å². The molecule has 3 rings (SSSR count). The SMILES string of the molecule is O=C(CCc1nc(-c2ccc(Br)cc2)no1)N1CCCCC1. The number of benzene rings is 1. The molecule has 0 atom stereocenters. The maximum absolute atomic E-state index is 12.1. The Morgan fingerprint density at radius 2 is 1.91 bits per heavy atom. The van der Waals surface area contributed by atoms with Crippen molar-refractivity contribution >= 4 is 21.8 Å². The van der Waals surface area contributed by atoms with E-state index in [-0.39, 0.29) is 5.91 Å². The molecule has 1 aliphatic heterocycles. The van der Waals surface area contributed by atoms with Gasteiger partial charge >= 0.3 is 0 Å². The minimum Gasteiger partial charge on any atom is -0.343 e. The quantitative estimate of drug-likeness (QED) is 0.834. The maximum atomic E-state index is 12.1. The lowest BCUT2D eigenvalue weighted by molar-refractivity contribution is -0.132. The number of aromatic nitrogens is 2. The van der Waals surface area contributed by atoms with Crippen LogP contribution in [0.2, 0.25) is 0 Å². The molecule has 1 aliphatic rings. The van der Waals surface area contributed by atoms with E-state index in [1.165, 1.54) is 6.42 Å². The number of carbonyl (C=O) groups excluding carboxylic acids is 1. The summed E-state index contributed by atoms with van der Waals surface area (Å²) in [6.45, 7) is 1.76. The molecular weight excluding hydrogens is 346 g/mol. The van der Waals surface area contributed by atoms with E-state index in [0.717, 1.165) is 36.0 Å². The molecule has 0 saturated carbocycles. The number of amides is 1. The van der Waals surface area contributed by atoms with E-state index in [1.54, 1.807) is 0 Å². The highest BCUT2D eigenvalue weighted by Crippen LogP contribution is 2.19. The van der Waals surface area contributed by atoms with Crippen LogP contribution in [0.4, 0.5) is 0 Å². The summed E-state index contributed by atoms with van der Waals surface area (Å²) in [6, 6.07) is 7.73. The van der Waals surface area contributed by atoms with Crippen LogP contribution in [0.25, 0.3) is 11.4 Å². The van der Waals surface area contributed by atoms with Gasteiger partial charge in [-0.25, -0.2) is 0 Å². The molecule has 0 aliphatic carbocycles. The van der Waals surface area contributed by atoms with Gasteiger partial charge in [-0.15, -0.1) is 0 Å². The molecule has 0 bridgehead atoms. The molecule has 0 spiro atoms. The van der Waals surface area contributed by atoms with E-state index in [2.05, 4.69) is 26.1 Å². The van der Waals surface area contributed by atoms with E-state index in [1.807, 2.05) is 29.2 Å². The molecule has 5 nitrogen and oxygen atoms in total. The van der Waals surface area contributed by atoms with Crippen LogP contribution in [-0.4, -0.2) is 34.0 Å². The van der Waals surface area contributed by atoms with Crippen LogP contribution in [-0.2, 0) is 11.2 Å². The molecule has 0 radical (unpaired) electrons. The molecule has 2 aromatic rings. The van der Waals surface area contributed by atoms with Gasteiger partial charge in [-0.2, -0.15) is 4.98 Å². The highest BCUT2D eigenvalue weighted by Gasteiger charge is 2.17. The molecule has 1 amide bonds. The van der Waals surface area contributed by atoms with Gasteiger partial charge in [0.1, 0.15) is 0 Å². The Morgan fingerprint density at radius 1 is 1.18 bits per heavy atom. The first-order chi connectivity index (χ1) is 10.7. The van der Waals surface area contributed by atoms with Crippen molar-refractivity contribution in [2.75, 3.05) is 13.1 Å². The van der Waals surface area contributed by atoms with E-state index in [4.69, 9.17) is 4.52 Å². The third-order valence-corrected chi connectivity index (χ3v) is 4.36. The highest BCUT2D eigenvalue weighted by atomic mass is 79.9. The molecule has 2 heterocycles. The normalized spacial score (nSPS) is 15.0. The standard InChI is InChI=1S/C16H18BrN3O2/c17-13-6-4-12(5-7-13)16-18-14(22-19-16)8-9-15(21)20-10-2-1-3-11-20/h4-7H,1-3,8-11H2. The predicted molar refractivity (Wildman–Crippen MR) is 86.2 cm³/mol. The maximum Gasteiger partial charge on any atom is 0.227 e. The van der Waals surface area contributed by atoms with Crippen LogP contribution in [0.5, 0.6) is 0 Å². The van der Waals surface area contributed by atoms with Crippen LogP contribution in [0.3, 0.4) is 0 Å². The first-order valence-electron chi connectivity index (χ1n) is 7.59. The zero-order valence-corrected chi connectivity index (χ0v) is 13.9. The largest absolute Gasteiger partial charge is 0.343 e. The number of piperidine rings is 1. The smallest absolute Gasteiger partial charge is 0.227 e. The molecule has 1 aromatic heterocycles. The molecular formula is C16H18BrN3O2. The summed E-state index contributed by atoms with van der Waals surface area (Å²) in [5, 5.41) is 3.98. The van der Waals surface area contributed by atoms with Crippen LogP contribution in [0.15, 0.2) is 33.3 Å². The number of rotatable bonds is 4. The highest BCUT2D eigenvalue weighted by molar-refractivity contribution is 9.10. The van der Waals surface area contributed by atoms with Crippen molar-refractivity contribution in [2.45, 2.75) is 32.1 Å². The third kappa shape index (κ3) is 3.74. The minimum atomic E-state index is 0.183. The van der Waals surface area contributed by atoms with Gasteiger partial charge in [0, 0.05) is 36.0 Å². The molecule has 1 saturated heterocycles. The summed E-state index contributed by atoms with van der Waals surface area (Å²) >= 11 is 3.40.